The van der Waals surface area contributed by atoms with E-state index in [-0.39, 0.29) is 24.6 Å². The molecule has 0 radical (unpaired) electrons. The van der Waals surface area contributed by atoms with Gasteiger partial charge in [-0.25, -0.2) is 9.78 Å². The number of aryl methyl sites for hydroxylation is 1. The van der Waals surface area contributed by atoms with E-state index in [2.05, 4.69) is 0 Å². The van der Waals surface area contributed by atoms with Crippen LogP contribution in [0.2, 0.25) is 4.34 Å². The van der Waals surface area contributed by atoms with Crippen LogP contribution in [-0.4, -0.2) is 42.2 Å². The molecule has 0 aliphatic heterocycles. The second-order valence-electron chi connectivity index (χ2n) is 9.21. The lowest BCUT2D eigenvalue weighted by molar-refractivity contribution is -0.147. The molecule has 0 N–H and O–H groups in total. The molecule has 3 aromatic rings. The Morgan fingerprint density at radius 3 is 2.68 bits per heavy atom. The maximum atomic E-state index is 12.6. The molecule has 2 heterocycles. The molecular weight excluding hydrogens is 512 g/mol. The number of carbonyl (C=O) groups excluding carboxylic acids is 2. The van der Waals surface area contributed by atoms with Crippen LogP contribution in [0.15, 0.2) is 48.5 Å². The number of aromatic nitrogens is 1. The minimum absolute atomic E-state index is 0.0495. The highest BCUT2D eigenvalue weighted by atomic mass is 35.5. The lowest BCUT2D eigenvalue weighted by atomic mass is 9.87. The number of rotatable bonds is 8. The van der Waals surface area contributed by atoms with Gasteiger partial charge in [-0.1, -0.05) is 41.9 Å². The van der Waals surface area contributed by atoms with Crippen molar-refractivity contribution in [2.75, 3.05) is 14.2 Å². The molecule has 1 aromatic carbocycles. The number of esters is 1. The van der Waals surface area contributed by atoms with Crippen molar-refractivity contribution < 1.29 is 23.8 Å². The number of carbonyl (C=O) groups is 2. The van der Waals surface area contributed by atoms with Crippen LogP contribution < -0.4 is 4.74 Å². The van der Waals surface area contributed by atoms with Crippen molar-refractivity contribution in [2.45, 2.75) is 51.9 Å². The van der Waals surface area contributed by atoms with Crippen molar-refractivity contribution in [1.82, 2.24) is 9.88 Å². The first-order chi connectivity index (χ1) is 17.8. The van der Waals surface area contributed by atoms with Gasteiger partial charge in [0.15, 0.2) is 0 Å². The lowest BCUT2D eigenvalue weighted by Gasteiger charge is -2.28. The van der Waals surface area contributed by atoms with Crippen molar-refractivity contribution >= 4 is 35.0 Å². The number of ether oxygens (including phenoxy) is 3. The summed E-state index contributed by atoms with van der Waals surface area (Å²) in [5.74, 6) is 0.406. The monoisotopic (exact) mass is 542 g/mol. The predicted octanol–water partition coefficient (Wildman–Crippen LogP) is 6.65. The quantitative estimate of drug-likeness (QED) is 0.296. The highest BCUT2D eigenvalue weighted by Crippen LogP contribution is 2.37. The zero-order valence-corrected chi connectivity index (χ0v) is 22.8. The number of halogens is 1. The van der Waals surface area contributed by atoms with Crippen LogP contribution in [0.1, 0.15) is 42.5 Å². The Morgan fingerprint density at radius 2 is 1.95 bits per heavy atom. The molecular formula is C28H31ClN2O5S. The zero-order valence-electron chi connectivity index (χ0n) is 21.2. The summed E-state index contributed by atoms with van der Waals surface area (Å²) in [5.41, 5.74) is 3.34. The summed E-state index contributed by atoms with van der Waals surface area (Å²) in [7, 11) is 3.13. The van der Waals surface area contributed by atoms with Gasteiger partial charge in [0.1, 0.15) is 12.4 Å². The van der Waals surface area contributed by atoms with Gasteiger partial charge in [-0.05, 0) is 61.9 Å². The SMILES string of the molecule is COC(=O)[C@H]1CCC[C@H](Oc2ccc(-c3sc(Cl)cc3CN(C)C(=O)OCc3ccccc3)nc2C)C1. The third kappa shape index (κ3) is 7.02. The number of amides is 1. The van der Waals surface area contributed by atoms with Crippen LogP contribution in [0.25, 0.3) is 10.6 Å². The van der Waals surface area contributed by atoms with Gasteiger partial charge in [0.2, 0.25) is 0 Å². The molecule has 7 nitrogen and oxygen atoms in total. The van der Waals surface area contributed by atoms with Gasteiger partial charge in [-0.15, -0.1) is 11.3 Å². The smallest absolute Gasteiger partial charge is 0.410 e. The summed E-state index contributed by atoms with van der Waals surface area (Å²) in [6, 6.07) is 15.2. The van der Waals surface area contributed by atoms with Gasteiger partial charge in [0.25, 0.3) is 0 Å². The van der Waals surface area contributed by atoms with Crippen molar-refractivity contribution in [3.63, 3.8) is 0 Å². The van der Waals surface area contributed by atoms with Crippen LogP contribution >= 0.6 is 22.9 Å². The average Bonchev–Trinajstić information content (AvgIpc) is 3.28. The topological polar surface area (TPSA) is 78.0 Å². The standard InChI is InChI=1S/C28H31ClN2O5S/c1-18-24(36-22-11-7-10-20(14-22)27(32)34-3)13-12-23(30-18)26-21(15-25(29)37-26)16-31(2)28(33)35-17-19-8-5-4-6-9-19/h4-6,8-9,12-13,15,20,22H,7,10-11,14,16-17H2,1-3H3/t20-,22-/m0/s1. The average molecular weight is 543 g/mol. The molecule has 0 saturated heterocycles. The first kappa shape index (κ1) is 26.9. The minimum Gasteiger partial charge on any atom is -0.489 e. The largest absolute Gasteiger partial charge is 0.489 e. The van der Waals surface area contributed by atoms with E-state index in [1.54, 1.807) is 7.05 Å². The molecule has 1 aliphatic rings. The summed E-state index contributed by atoms with van der Waals surface area (Å²) in [6.45, 7) is 2.45. The molecule has 2 aromatic heterocycles. The van der Waals surface area contributed by atoms with Crippen LogP contribution in [0.5, 0.6) is 5.75 Å². The fraction of sp³-hybridized carbons (Fsp3) is 0.393. The number of pyridine rings is 1. The highest BCUT2D eigenvalue weighted by molar-refractivity contribution is 7.19. The Morgan fingerprint density at radius 1 is 1.16 bits per heavy atom. The van der Waals surface area contributed by atoms with Gasteiger partial charge < -0.3 is 19.1 Å². The first-order valence-corrected chi connectivity index (χ1v) is 13.5. The van der Waals surface area contributed by atoms with Gasteiger partial charge >= 0.3 is 12.1 Å². The predicted molar refractivity (Wildman–Crippen MR) is 144 cm³/mol. The van der Waals surface area contributed by atoms with E-state index in [1.807, 2.05) is 55.5 Å². The second kappa shape index (κ2) is 12.4. The van der Waals surface area contributed by atoms with E-state index < -0.39 is 6.09 Å². The van der Waals surface area contributed by atoms with E-state index in [0.717, 1.165) is 46.7 Å². The van der Waals surface area contributed by atoms with Gasteiger partial charge in [0, 0.05) is 7.05 Å². The minimum atomic E-state index is -0.414. The molecule has 1 fully saturated rings. The van der Waals surface area contributed by atoms with Gasteiger partial charge in [0.05, 0.1) is 46.3 Å². The molecule has 0 unspecified atom stereocenters. The Hall–Kier alpha value is -3.10. The second-order valence-corrected chi connectivity index (χ2v) is 10.9. The fourth-order valence-electron chi connectivity index (χ4n) is 4.49. The van der Waals surface area contributed by atoms with E-state index in [0.29, 0.717) is 23.1 Å². The summed E-state index contributed by atoms with van der Waals surface area (Å²) in [4.78, 5) is 31.7. The molecule has 0 bridgehead atoms. The van der Waals surface area contributed by atoms with Crippen LogP contribution in [0.3, 0.4) is 0 Å². The maximum Gasteiger partial charge on any atom is 0.410 e. The maximum absolute atomic E-state index is 12.6. The number of thiophene rings is 1. The van der Waals surface area contributed by atoms with Crippen molar-refractivity contribution in [2.24, 2.45) is 5.92 Å². The fourth-order valence-corrected chi connectivity index (χ4v) is 5.72. The molecule has 2 atom stereocenters. The third-order valence-electron chi connectivity index (χ3n) is 6.43. The molecule has 1 amide bonds. The van der Waals surface area contributed by atoms with Crippen LogP contribution in [0, 0.1) is 12.8 Å². The molecule has 1 saturated carbocycles. The molecule has 9 heteroatoms. The summed E-state index contributed by atoms with van der Waals surface area (Å²) < 4.78 is 17.2. The lowest BCUT2D eigenvalue weighted by Crippen LogP contribution is -2.30. The Balaban J connectivity index is 1.42. The Labute approximate surface area is 226 Å². The Kier molecular flexibility index (Phi) is 9.05. The third-order valence-corrected chi connectivity index (χ3v) is 7.76. The Bertz CT molecular complexity index is 1230. The molecule has 196 valence electrons. The van der Waals surface area contributed by atoms with Crippen LogP contribution in [-0.2, 0) is 27.4 Å². The number of hydrogen-bond acceptors (Lipinski definition) is 7. The van der Waals surface area contributed by atoms with Gasteiger partial charge in [-0.2, -0.15) is 0 Å². The van der Waals surface area contributed by atoms with Crippen molar-refractivity contribution in [3.05, 3.63) is 69.7 Å². The summed E-state index contributed by atoms with van der Waals surface area (Å²) >= 11 is 7.78. The van der Waals surface area contributed by atoms with Crippen LogP contribution in [0.4, 0.5) is 4.79 Å². The highest BCUT2D eigenvalue weighted by Gasteiger charge is 2.29. The molecule has 0 spiro atoms. The molecule has 1 aliphatic carbocycles. The van der Waals surface area contributed by atoms with E-state index in [9.17, 15) is 9.59 Å². The van der Waals surface area contributed by atoms with Crippen molar-refractivity contribution in [3.8, 4) is 16.3 Å². The van der Waals surface area contributed by atoms with E-state index in [1.165, 1.54) is 23.3 Å². The summed E-state index contributed by atoms with van der Waals surface area (Å²) in [5, 5.41) is 0. The molecule has 4 rings (SSSR count). The number of benzene rings is 1. The van der Waals surface area contributed by atoms with E-state index >= 15 is 0 Å². The first-order valence-electron chi connectivity index (χ1n) is 12.3. The van der Waals surface area contributed by atoms with Crippen molar-refractivity contribution in [1.29, 1.82) is 0 Å². The molecule has 37 heavy (non-hydrogen) atoms. The number of nitrogens with zero attached hydrogens (tertiary/aromatic N) is 2. The van der Waals surface area contributed by atoms with Gasteiger partial charge in [-0.3, -0.25) is 4.79 Å². The zero-order chi connectivity index (χ0) is 26.4. The van der Waals surface area contributed by atoms with E-state index in [4.69, 9.17) is 30.8 Å². The number of methoxy groups -OCH3 is 1. The normalized spacial score (nSPS) is 17.2. The number of hydrogen-bond donors (Lipinski definition) is 0. The summed E-state index contributed by atoms with van der Waals surface area (Å²) in [6.07, 6.45) is 2.83.